The van der Waals surface area contributed by atoms with Crippen molar-refractivity contribution in [1.29, 1.82) is 0 Å². The average molecular weight is 258 g/mol. The molecule has 3 rings (SSSR count). The Morgan fingerprint density at radius 3 is 2.68 bits per heavy atom. The van der Waals surface area contributed by atoms with Gasteiger partial charge < -0.3 is 11.1 Å². The fourth-order valence-corrected chi connectivity index (χ4v) is 1.67. The molecule has 1 fully saturated rings. The lowest BCUT2D eigenvalue weighted by atomic mass is 10.3. The van der Waals surface area contributed by atoms with Gasteiger partial charge in [0.05, 0.1) is 11.8 Å². The highest BCUT2D eigenvalue weighted by molar-refractivity contribution is 5.92. The number of carbonyl (C=O) groups excluding carboxylic acids is 1. The predicted octanol–water partition coefficient (Wildman–Crippen LogP) is 0.0132. The lowest BCUT2D eigenvalue weighted by Crippen LogP contribution is -2.16. The van der Waals surface area contributed by atoms with E-state index < -0.39 is 5.91 Å². The van der Waals surface area contributed by atoms with E-state index in [4.69, 9.17) is 5.73 Å². The fraction of sp³-hybridized carbons (Fsp3) is 0.333. The largest absolute Gasteiger partial charge is 0.366 e. The molecule has 1 aliphatic carbocycles. The van der Waals surface area contributed by atoms with Gasteiger partial charge in [-0.3, -0.25) is 4.79 Å². The first-order valence-corrected chi connectivity index (χ1v) is 6.11. The number of primary amides is 1. The zero-order valence-corrected chi connectivity index (χ0v) is 10.3. The number of hydrogen-bond acceptors (Lipinski definition) is 5. The maximum atomic E-state index is 11.0. The molecule has 0 spiro atoms. The van der Waals surface area contributed by atoms with Gasteiger partial charge in [-0.2, -0.15) is 5.10 Å². The molecule has 7 nitrogen and oxygen atoms in total. The normalized spacial score (nSPS) is 14.5. The molecule has 2 aromatic heterocycles. The highest BCUT2D eigenvalue weighted by Crippen LogP contribution is 2.19. The van der Waals surface area contributed by atoms with Crippen molar-refractivity contribution in [2.75, 3.05) is 0 Å². The standard InChI is InChI=1S/C12H14N6O/c13-11(19)9-6-17-18(7-9)12-15-4-8(5-16-12)3-14-10-1-2-10/h4-7,10,14H,1-3H2,(H2,13,19). The van der Waals surface area contributed by atoms with Gasteiger partial charge in [-0.05, 0) is 12.8 Å². The predicted molar refractivity (Wildman–Crippen MR) is 67.5 cm³/mol. The molecule has 7 heteroatoms. The number of nitrogens with one attached hydrogen (secondary N) is 1. The van der Waals surface area contributed by atoms with E-state index in [9.17, 15) is 4.79 Å². The number of amides is 1. The quantitative estimate of drug-likeness (QED) is 0.787. The third kappa shape index (κ3) is 2.76. The lowest BCUT2D eigenvalue weighted by molar-refractivity contribution is 0.100. The second-order valence-electron chi connectivity index (χ2n) is 4.58. The highest BCUT2D eigenvalue weighted by Gasteiger charge is 2.20. The zero-order chi connectivity index (χ0) is 13.2. The Hall–Kier alpha value is -2.28. The van der Waals surface area contributed by atoms with Crippen LogP contribution in [0.4, 0.5) is 0 Å². The van der Waals surface area contributed by atoms with Crippen LogP contribution in [0.1, 0.15) is 28.8 Å². The Labute approximate surface area is 109 Å². The van der Waals surface area contributed by atoms with Crippen LogP contribution >= 0.6 is 0 Å². The van der Waals surface area contributed by atoms with Crippen LogP contribution in [0, 0.1) is 0 Å². The molecule has 3 N–H and O–H groups in total. The van der Waals surface area contributed by atoms with Gasteiger partial charge in [-0.25, -0.2) is 14.6 Å². The maximum absolute atomic E-state index is 11.0. The number of nitrogens with two attached hydrogens (primary N) is 1. The summed E-state index contributed by atoms with van der Waals surface area (Å²) < 4.78 is 1.43. The Kier molecular flexibility index (Phi) is 2.96. The van der Waals surface area contributed by atoms with E-state index in [2.05, 4.69) is 20.4 Å². The summed E-state index contributed by atoms with van der Waals surface area (Å²) in [4.78, 5) is 19.4. The molecule has 0 bridgehead atoms. The molecule has 0 atom stereocenters. The summed E-state index contributed by atoms with van der Waals surface area (Å²) in [5.41, 5.74) is 6.52. The summed E-state index contributed by atoms with van der Waals surface area (Å²) in [6, 6.07) is 0.656. The van der Waals surface area contributed by atoms with E-state index >= 15 is 0 Å². The molecular weight excluding hydrogens is 244 g/mol. The van der Waals surface area contributed by atoms with Crippen LogP contribution in [0.3, 0.4) is 0 Å². The van der Waals surface area contributed by atoms with Gasteiger partial charge in [0.25, 0.3) is 5.91 Å². The van der Waals surface area contributed by atoms with Crippen LogP contribution in [-0.4, -0.2) is 31.7 Å². The van der Waals surface area contributed by atoms with Crippen LogP contribution in [-0.2, 0) is 6.54 Å². The molecule has 0 aliphatic heterocycles. The third-order valence-electron chi connectivity index (χ3n) is 2.94. The van der Waals surface area contributed by atoms with Crippen LogP contribution < -0.4 is 11.1 Å². The van der Waals surface area contributed by atoms with E-state index in [1.165, 1.54) is 29.9 Å². The van der Waals surface area contributed by atoms with Crippen molar-refractivity contribution in [3.63, 3.8) is 0 Å². The van der Waals surface area contributed by atoms with Crippen LogP contribution in [0.15, 0.2) is 24.8 Å². The van der Waals surface area contributed by atoms with Gasteiger partial charge in [0.1, 0.15) is 0 Å². The molecule has 0 unspecified atom stereocenters. The van der Waals surface area contributed by atoms with Crippen molar-refractivity contribution in [3.05, 3.63) is 35.9 Å². The Balaban J connectivity index is 1.71. The number of rotatable bonds is 5. The summed E-state index contributed by atoms with van der Waals surface area (Å²) in [5, 5.41) is 7.38. The SMILES string of the molecule is NC(=O)c1cnn(-c2ncc(CNC3CC3)cn2)c1. The lowest BCUT2D eigenvalue weighted by Gasteiger charge is -2.03. The monoisotopic (exact) mass is 258 g/mol. The molecule has 1 amide bonds. The summed E-state index contributed by atoms with van der Waals surface area (Å²) in [6.07, 6.45) is 8.92. The van der Waals surface area contributed by atoms with Crippen molar-refractivity contribution in [3.8, 4) is 5.95 Å². The van der Waals surface area contributed by atoms with Crippen molar-refractivity contribution < 1.29 is 4.79 Å². The minimum atomic E-state index is -0.517. The first kappa shape index (κ1) is 11.8. The number of aromatic nitrogens is 4. The second-order valence-corrected chi connectivity index (χ2v) is 4.58. The summed E-state index contributed by atoms with van der Waals surface area (Å²) in [7, 11) is 0. The molecule has 2 heterocycles. The first-order chi connectivity index (χ1) is 9.22. The molecule has 98 valence electrons. The van der Waals surface area contributed by atoms with Gasteiger partial charge >= 0.3 is 0 Å². The number of hydrogen-bond donors (Lipinski definition) is 2. The molecule has 0 saturated heterocycles. The summed E-state index contributed by atoms with van der Waals surface area (Å²) in [6.45, 7) is 0.774. The topological polar surface area (TPSA) is 98.7 Å². The number of carbonyl (C=O) groups is 1. The molecule has 0 radical (unpaired) electrons. The minimum Gasteiger partial charge on any atom is -0.366 e. The zero-order valence-electron chi connectivity index (χ0n) is 10.3. The average Bonchev–Trinajstić information content (AvgIpc) is 3.11. The van der Waals surface area contributed by atoms with E-state index in [1.54, 1.807) is 12.4 Å². The molecule has 19 heavy (non-hydrogen) atoms. The van der Waals surface area contributed by atoms with Gasteiger partial charge in [0, 0.05) is 36.7 Å². The smallest absolute Gasteiger partial charge is 0.251 e. The molecule has 0 aromatic carbocycles. The van der Waals surface area contributed by atoms with Gasteiger partial charge in [0.15, 0.2) is 0 Å². The van der Waals surface area contributed by atoms with Crippen molar-refractivity contribution in [2.24, 2.45) is 5.73 Å². The van der Waals surface area contributed by atoms with Gasteiger partial charge in [0.2, 0.25) is 5.95 Å². The van der Waals surface area contributed by atoms with Gasteiger partial charge in [-0.15, -0.1) is 0 Å². The van der Waals surface area contributed by atoms with E-state index in [0.717, 1.165) is 12.1 Å². The maximum Gasteiger partial charge on any atom is 0.251 e. The second kappa shape index (κ2) is 4.77. The third-order valence-corrected chi connectivity index (χ3v) is 2.94. The van der Waals surface area contributed by atoms with Crippen LogP contribution in [0.25, 0.3) is 5.95 Å². The van der Waals surface area contributed by atoms with E-state index in [0.29, 0.717) is 17.6 Å². The van der Waals surface area contributed by atoms with Crippen molar-refractivity contribution in [2.45, 2.75) is 25.4 Å². The molecule has 1 aliphatic rings. The fourth-order valence-electron chi connectivity index (χ4n) is 1.67. The molecule has 2 aromatic rings. The first-order valence-electron chi connectivity index (χ1n) is 6.11. The van der Waals surface area contributed by atoms with Gasteiger partial charge in [-0.1, -0.05) is 0 Å². The van der Waals surface area contributed by atoms with E-state index in [1.807, 2.05) is 0 Å². The number of nitrogens with zero attached hydrogens (tertiary/aromatic N) is 4. The van der Waals surface area contributed by atoms with E-state index in [-0.39, 0.29) is 0 Å². The van der Waals surface area contributed by atoms with Crippen LogP contribution in [0.5, 0.6) is 0 Å². The Bertz CT molecular complexity index is 587. The summed E-state index contributed by atoms with van der Waals surface area (Å²) >= 11 is 0. The molecule has 1 saturated carbocycles. The minimum absolute atomic E-state index is 0.336. The van der Waals surface area contributed by atoms with Crippen molar-refractivity contribution in [1.82, 2.24) is 25.1 Å². The van der Waals surface area contributed by atoms with Crippen LogP contribution in [0.2, 0.25) is 0 Å². The Morgan fingerprint density at radius 2 is 2.11 bits per heavy atom. The Morgan fingerprint density at radius 1 is 1.37 bits per heavy atom. The van der Waals surface area contributed by atoms with Crippen molar-refractivity contribution >= 4 is 5.91 Å². The molecular formula is C12H14N6O. The summed E-state index contributed by atoms with van der Waals surface area (Å²) in [5.74, 6) is -0.0980. The highest BCUT2D eigenvalue weighted by atomic mass is 16.1.